The standard InChI is InChI=1S/C16H26N2O2/c1-4-18(5-2)16(19)14-17(3)12-9-13-20-15-10-7-6-8-11-15/h6-8,10-11H,4-5,9,12-14H2,1-3H3. The summed E-state index contributed by atoms with van der Waals surface area (Å²) >= 11 is 0. The Labute approximate surface area is 122 Å². The molecule has 0 aliphatic rings. The van der Waals surface area contributed by atoms with Crippen LogP contribution in [0, 0.1) is 0 Å². The SMILES string of the molecule is CCN(CC)C(=O)CN(C)CCCOc1ccccc1. The van der Waals surface area contributed by atoms with Crippen molar-refractivity contribution in [3.05, 3.63) is 30.3 Å². The minimum atomic E-state index is 0.196. The molecule has 1 amide bonds. The molecule has 20 heavy (non-hydrogen) atoms. The molecule has 0 bridgehead atoms. The molecule has 0 aliphatic carbocycles. The van der Waals surface area contributed by atoms with Crippen molar-refractivity contribution in [2.75, 3.05) is 39.8 Å². The van der Waals surface area contributed by atoms with E-state index in [9.17, 15) is 4.79 Å². The molecule has 0 radical (unpaired) electrons. The number of likely N-dealkylation sites (N-methyl/N-ethyl adjacent to an activating group) is 2. The number of carbonyl (C=O) groups is 1. The lowest BCUT2D eigenvalue weighted by atomic mass is 10.3. The molecule has 0 unspecified atom stereocenters. The van der Waals surface area contributed by atoms with Crippen LogP contribution in [-0.4, -0.2) is 55.5 Å². The second-order valence-electron chi connectivity index (χ2n) is 4.82. The summed E-state index contributed by atoms with van der Waals surface area (Å²) in [5.74, 6) is 1.09. The Hall–Kier alpha value is -1.55. The molecule has 0 fully saturated rings. The number of rotatable bonds is 9. The first-order valence-corrected chi connectivity index (χ1v) is 7.31. The van der Waals surface area contributed by atoms with E-state index in [0.717, 1.165) is 31.8 Å². The predicted octanol–water partition coefficient (Wildman–Crippen LogP) is 2.26. The van der Waals surface area contributed by atoms with Crippen molar-refractivity contribution in [2.45, 2.75) is 20.3 Å². The van der Waals surface area contributed by atoms with E-state index in [2.05, 4.69) is 4.90 Å². The van der Waals surface area contributed by atoms with Gasteiger partial charge in [-0.3, -0.25) is 9.69 Å². The summed E-state index contributed by atoms with van der Waals surface area (Å²) in [5, 5.41) is 0. The maximum atomic E-state index is 11.9. The Kier molecular flexibility index (Phi) is 7.73. The van der Waals surface area contributed by atoms with Crippen LogP contribution in [0.25, 0.3) is 0 Å². The number of hydrogen-bond acceptors (Lipinski definition) is 3. The van der Waals surface area contributed by atoms with E-state index in [0.29, 0.717) is 13.2 Å². The van der Waals surface area contributed by atoms with Gasteiger partial charge in [-0.25, -0.2) is 0 Å². The fourth-order valence-corrected chi connectivity index (χ4v) is 2.03. The highest BCUT2D eigenvalue weighted by Crippen LogP contribution is 2.08. The van der Waals surface area contributed by atoms with Gasteiger partial charge in [0, 0.05) is 19.6 Å². The Morgan fingerprint density at radius 1 is 1.15 bits per heavy atom. The molecule has 0 atom stereocenters. The van der Waals surface area contributed by atoms with Crippen LogP contribution in [0.4, 0.5) is 0 Å². The number of ether oxygens (including phenoxy) is 1. The number of benzene rings is 1. The molecule has 0 aliphatic heterocycles. The molecule has 112 valence electrons. The van der Waals surface area contributed by atoms with Gasteiger partial charge < -0.3 is 9.64 Å². The van der Waals surface area contributed by atoms with Crippen LogP contribution in [0.2, 0.25) is 0 Å². The summed E-state index contributed by atoms with van der Waals surface area (Å²) in [6, 6.07) is 9.80. The lowest BCUT2D eigenvalue weighted by Gasteiger charge is -2.23. The Morgan fingerprint density at radius 3 is 2.40 bits per heavy atom. The van der Waals surface area contributed by atoms with Gasteiger partial charge in [-0.1, -0.05) is 18.2 Å². The maximum absolute atomic E-state index is 11.9. The zero-order valence-electron chi connectivity index (χ0n) is 12.8. The Morgan fingerprint density at radius 2 is 1.80 bits per heavy atom. The van der Waals surface area contributed by atoms with Gasteiger partial charge in [0.25, 0.3) is 0 Å². The largest absolute Gasteiger partial charge is 0.494 e. The van der Waals surface area contributed by atoms with E-state index in [4.69, 9.17) is 4.74 Å². The van der Waals surface area contributed by atoms with Gasteiger partial charge in [-0.2, -0.15) is 0 Å². The third kappa shape index (κ3) is 6.06. The lowest BCUT2D eigenvalue weighted by molar-refractivity contribution is -0.131. The number of amides is 1. The fraction of sp³-hybridized carbons (Fsp3) is 0.562. The molecule has 1 aromatic rings. The first-order valence-electron chi connectivity index (χ1n) is 7.31. The molecule has 0 aromatic heterocycles. The number of nitrogens with zero attached hydrogens (tertiary/aromatic N) is 2. The lowest BCUT2D eigenvalue weighted by Crippen LogP contribution is -2.39. The van der Waals surface area contributed by atoms with Crippen molar-refractivity contribution < 1.29 is 9.53 Å². The van der Waals surface area contributed by atoms with Gasteiger partial charge in [0.1, 0.15) is 5.75 Å². The third-order valence-electron chi connectivity index (χ3n) is 3.22. The Balaban J connectivity index is 2.17. The summed E-state index contributed by atoms with van der Waals surface area (Å²) in [4.78, 5) is 15.8. The number of carbonyl (C=O) groups excluding carboxylic acids is 1. The maximum Gasteiger partial charge on any atom is 0.236 e. The molecule has 4 nitrogen and oxygen atoms in total. The molecule has 0 saturated heterocycles. The number of hydrogen-bond donors (Lipinski definition) is 0. The molecule has 1 rings (SSSR count). The molecule has 0 saturated carbocycles. The highest BCUT2D eigenvalue weighted by molar-refractivity contribution is 5.78. The first kappa shape index (κ1) is 16.5. The molecular formula is C16H26N2O2. The summed E-state index contributed by atoms with van der Waals surface area (Å²) in [6.07, 6.45) is 0.914. The van der Waals surface area contributed by atoms with Crippen LogP contribution in [0.15, 0.2) is 30.3 Å². The quantitative estimate of drug-likeness (QED) is 0.650. The van der Waals surface area contributed by atoms with Gasteiger partial charge in [0.2, 0.25) is 5.91 Å². The summed E-state index contributed by atoms with van der Waals surface area (Å²) < 4.78 is 5.63. The van der Waals surface area contributed by atoms with E-state index in [-0.39, 0.29) is 5.91 Å². The van der Waals surface area contributed by atoms with Crippen molar-refractivity contribution in [3.63, 3.8) is 0 Å². The molecular weight excluding hydrogens is 252 g/mol. The van der Waals surface area contributed by atoms with E-state index >= 15 is 0 Å². The highest BCUT2D eigenvalue weighted by Gasteiger charge is 2.11. The Bertz CT molecular complexity index is 377. The average molecular weight is 278 g/mol. The summed E-state index contributed by atoms with van der Waals surface area (Å²) in [7, 11) is 1.98. The predicted molar refractivity (Wildman–Crippen MR) is 82.0 cm³/mol. The van der Waals surface area contributed by atoms with Crippen molar-refractivity contribution in [3.8, 4) is 5.75 Å². The van der Waals surface area contributed by atoms with Crippen LogP contribution >= 0.6 is 0 Å². The van der Waals surface area contributed by atoms with E-state index < -0.39 is 0 Å². The zero-order valence-corrected chi connectivity index (χ0v) is 12.8. The monoisotopic (exact) mass is 278 g/mol. The van der Waals surface area contributed by atoms with Crippen molar-refractivity contribution >= 4 is 5.91 Å². The van der Waals surface area contributed by atoms with Crippen LogP contribution in [-0.2, 0) is 4.79 Å². The van der Waals surface area contributed by atoms with Gasteiger partial charge in [0.15, 0.2) is 0 Å². The van der Waals surface area contributed by atoms with Gasteiger partial charge >= 0.3 is 0 Å². The molecule has 0 spiro atoms. The third-order valence-corrected chi connectivity index (χ3v) is 3.22. The minimum absolute atomic E-state index is 0.196. The van der Waals surface area contributed by atoms with Crippen molar-refractivity contribution in [2.24, 2.45) is 0 Å². The second-order valence-corrected chi connectivity index (χ2v) is 4.82. The van der Waals surface area contributed by atoms with Gasteiger partial charge in [-0.15, -0.1) is 0 Å². The van der Waals surface area contributed by atoms with E-state index in [1.165, 1.54) is 0 Å². The van der Waals surface area contributed by atoms with E-state index in [1.807, 2.05) is 56.1 Å². The smallest absolute Gasteiger partial charge is 0.236 e. The molecule has 0 heterocycles. The average Bonchev–Trinajstić information content (AvgIpc) is 2.46. The van der Waals surface area contributed by atoms with Crippen LogP contribution < -0.4 is 4.74 Å². The summed E-state index contributed by atoms with van der Waals surface area (Å²) in [5.41, 5.74) is 0. The second kappa shape index (κ2) is 9.37. The normalized spacial score (nSPS) is 10.6. The van der Waals surface area contributed by atoms with E-state index in [1.54, 1.807) is 0 Å². The van der Waals surface area contributed by atoms with Crippen LogP contribution in [0.3, 0.4) is 0 Å². The first-order chi connectivity index (χ1) is 9.67. The van der Waals surface area contributed by atoms with Gasteiger partial charge in [0.05, 0.1) is 13.2 Å². The zero-order chi connectivity index (χ0) is 14.8. The molecule has 0 N–H and O–H groups in total. The minimum Gasteiger partial charge on any atom is -0.494 e. The molecule has 1 aromatic carbocycles. The molecule has 4 heteroatoms. The van der Waals surface area contributed by atoms with Crippen molar-refractivity contribution in [1.82, 2.24) is 9.80 Å². The van der Waals surface area contributed by atoms with Crippen LogP contribution in [0.1, 0.15) is 20.3 Å². The topological polar surface area (TPSA) is 32.8 Å². The van der Waals surface area contributed by atoms with Gasteiger partial charge in [-0.05, 0) is 39.4 Å². The highest BCUT2D eigenvalue weighted by atomic mass is 16.5. The fourth-order valence-electron chi connectivity index (χ4n) is 2.03. The van der Waals surface area contributed by atoms with Crippen molar-refractivity contribution in [1.29, 1.82) is 0 Å². The van der Waals surface area contributed by atoms with Crippen LogP contribution in [0.5, 0.6) is 5.75 Å². The summed E-state index contributed by atoms with van der Waals surface area (Å²) in [6.45, 7) is 7.59. The number of para-hydroxylation sites is 1.